The molecule has 0 aromatic heterocycles. The minimum atomic E-state index is -0.841. The molecule has 2 atom stereocenters. The maximum absolute atomic E-state index is 11.9. The lowest BCUT2D eigenvalue weighted by Crippen LogP contribution is -2.33. The van der Waals surface area contributed by atoms with Gasteiger partial charge in [0.2, 0.25) is 0 Å². The largest absolute Gasteiger partial charge is 0.507 e. The Hall–Kier alpha value is -2.24. The van der Waals surface area contributed by atoms with Crippen LogP contribution in [0, 0.1) is 11.8 Å². The lowest BCUT2D eigenvalue weighted by molar-refractivity contribution is -0.142. The van der Waals surface area contributed by atoms with Gasteiger partial charge in [0.05, 0.1) is 5.92 Å². The van der Waals surface area contributed by atoms with Crippen LogP contribution in [0.2, 0.25) is 0 Å². The van der Waals surface area contributed by atoms with Crippen molar-refractivity contribution in [2.75, 3.05) is 6.54 Å². The third-order valence-corrected chi connectivity index (χ3v) is 3.75. The van der Waals surface area contributed by atoms with Crippen LogP contribution in [0.25, 0.3) is 0 Å². The maximum Gasteiger partial charge on any atom is 0.306 e. The van der Waals surface area contributed by atoms with Crippen LogP contribution in [0.4, 0.5) is 0 Å². The number of phenols is 2. The van der Waals surface area contributed by atoms with Crippen molar-refractivity contribution in [3.8, 4) is 11.5 Å². The van der Waals surface area contributed by atoms with Gasteiger partial charge in [-0.2, -0.15) is 0 Å². The van der Waals surface area contributed by atoms with E-state index in [1.807, 2.05) is 0 Å². The van der Waals surface area contributed by atoms with Crippen LogP contribution in [0.1, 0.15) is 29.6 Å². The van der Waals surface area contributed by atoms with Gasteiger partial charge in [-0.3, -0.25) is 9.59 Å². The summed E-state index contributed by atoms with van der Waals surface area (Å²) in [7, 11) is 0. The molecule has 20 heavy (non-hydrogen) atoms. The number of rotatable bonds is 4. The number of amides is 1. The van der Waals surface area contributed by atoms with Crippen LogP contribution < -0.4 is 5.32 Å². The molecule has 0 radical (unpaired) electrons. The van der Waals surface area contributed by atoms with Crippen molar-refractivity contribution >= 4 is 11.9 Å². The number of carbonyl (C=O) groups excluding carboxylic acids is 1. The number of hydrogen-bond acceptors (Lipinski definition) is 4. The molecule has 6 nitrogen and oxygen atoms in total. The Kier molecular flexibility index (Phi) is 4.12. The van der Waals surface area contributed by atoms with Crippen LogP contribution in [0.5, 0.6) is 11.5 Å². The number of carboxylic acid groups (broad SMARTS) is 1. The van der Waals surface area contributed by atoms with Gasteiger partial charge in [0.1, 0.15) is 17.1 Å². The number of aliphatic carboxylic acids is 1. The third kappa shape index (κ3) is 2.84. The molecule has 1 aromatic rings. The van der Waals surface area contributed by atoms with Crippen molar-refractivity contribution in [2.24, 2.45) is 11.8 Å². The third-order valence-electron chi connectivity index (χ3n) is 3.75. The van der Waals surface area contributed by atoms with E-state index in [0.717, 1.165) is 12.8 Å². The predicted molar refractivity (Wildman–Crippen MR) is 70.6 cm³/mol. The zero-order chi connectivity index (χ0) is 14.7. The molecule has 6 heteroatoms. The Bertz CT molecular complexity index is 508. The second kappa shape index (κ2) is 5.81. The van der Waals surface area contributed by atoms with Crippen molar-refractivity contribution in [2.45, 2.75) is 19.3 Å². The van der Waals surface area contributed by atoms with Crippen LogP contribution in [0.3, 0.4) is 0 Å². The normalized spacial score (nSPS) is 21.6. The highest BCUT2D eigenvalue weighted by molar-refractivity contribution is 5.99. The lowest BCUT2D eigenvalue weighted by Gasteiger charge is -2.16. The number of nitrogens with one attached hydrogen (secondary N) is 1. The highest BCUT2D eigenvalue weighted by Crippen LogP contribution is 2.32. The Labute approximate surface area is 116 Å². The average molecular weight is 279 g/mol. The molecule has 108 valence electrons. The van der Waals surface area contributed by atoms with Crippen LogP contribution in [-0.2, 0) is 4.79 Å². The number of benzene rings is 1. The molecule has 0 bridgehead atoms. The first-order valence-electron chi connectivity index (χ1n) is 6.52. The quantitative estimate of drug-likeness (QED) is 0.665. The number of hydrogen-bond donors (Lipinski definition) is 4. The Balaban J connectivity index is 2.01. The molecule has 1 fully saturated rings. The topological polar surface area (TPSA) is 107 Å². The maximum atomic E-state index is 11.9. The summed E-state index contributed by atoms with van der Waals surface area (Å²) >= 11 is 0. The summed E-state index contributed by atoms with van der Waals surface area (Å²) in [5.41, 5.74) is -0.183. The Morgan fingerprint density at radius 3 is 2.45 bits per heavy atom. The van der Waals surface area contributed by atoms with Gasteiger partial charge in [-0.25, -0.2) is 0 Å². The monoisotopic (exact) mass is 279 g/mol. The molecule has 2 unspecified atom stereocenters. The minimum absolute atomic E-state index is 0.107. The molecule has 1 aromatic carbocycles. The number of phenolic OH excluding ortho intramolecular Hbond substituents is 2. The van der Waals surface area contributed by atoms with Gasteiger partial charge in [-0.1, -0.05) is 12.5 Å². The highest BCUT2D eigenvalue weighted by Gasteiger charge is 2.33. The zero-order valence-corrected chi connectivity index (χ0v) is 10.9. The van der Waals surface area contributed by atoms with Crippen molar-refractivity contribution < 1.29 is 24.9 Å². The van der Waals surface area contributed by atoms with E-state index in [4.69, 9.17) is 5.11 Å². The number of carbonyl (C=O) groups is 2. The summed E-state index contributed by atoms with van der Waals surface area (Å²) in [5.74, 6) is -2.59. The highest BCUT2D eigenvalue weighted by atomic mass is 16.4. The zero-order valence-electron chi connectivity index (χ0n) is 10.9. The van der Waals surface area contributed by atoms with E-state index in [0.29, 0.717) is 6.42 Å². The van der Waals surface area contributed by atoms with Crippen molar-refractivity contribution in [1.82, 2.24) is 5.32 Å². The molecule has 1 aliphatic carbocycles. The summed E-state index contributed by atoms with van der Waals surface area (Å²) in [6.45, 7) is 0.226. The van der Waals surface area contributed by atoms with Gasteiger partial charge in [-0.15, -0.1) is 0 Å². The van der Waals surface area contributed by atoms with Gasteiger partial charge in [0.15, 0.2) is 0 Å². The standard InChI is InChI=1S/C14H17NO5/c16-10-5-2-6-11(17)12(10)13(18)15-7-8-3-1-4-9(8)14(19)20/h2,5-6,8-9,16-17H,1,3-4,7H2,(H,15,18)(H,19,20). The van der Waals surface area contributed by atoms with Gasteiger partial charge < -0.3 is 20.6 Å². The fraction of sp³-hybridized carbons (Fsp3) is 0.429. The molecule has 1 saturated carbocycles. The van der Waals surface area contributed by atoms with Gasteiger partial charge in [0, 0.05) is 6.54 Å². The van der Waals surface area contributed by atoms with E-state index >= 15 is 0 Å². The van der Waals surface area contributed by atoms with E-state index in [9.17, 15) is 19.8 Å². The van der Waals surface area contributed by atoms with E-state index in [2.05, 4.69) is 5.32 Å². The predicted octanol–water partition coefficient (Wildman–Crippen LogP) is 1.33. The van der Waals surface area contributed by atoms with E-state index in [1.165, 1.54) is 18.2 Å². The van der Waals surface area contributed by atoms with Crippen LogP contribution >= 0.6 is 0 Å². The van der Waals surface area contributed by atoms with Gasteiger partial charge in [-0.05, 0) is 30.9 Å². The molecular formula is C14H17NO5. The number of carboxylic acids is 1. The lowest BCUT2D eigenvalue weighted by atomic mass is 9.96. The summed E-state index contributed by atoms with van der Waals surface area (Å²) < 4.78 is 0. The summed E-state index contributed by atoms with van der Waals surface area (Å²) in [4.78, 5) is 23.0. The van der Waals surface area contributed by atoms with Crippen molar-refractivity contribution in [3.05, 3.63) is 23.8 Å². The van der Waals surface area contributed by atoms with E-state index in [1.54, 1.807) is 0 Å². The molecule has 0 saturated heterocycles. The fourth-order valence-corrected chi connectivity index (χ4v) is 2.68. The molecule has 0 heterocycles. The second-order valence-corrected chi connectivity index (χ2v) is 5.02. The van der Waals surface area contributed by atoms with Crippen molar-refractivity contribution in [1.29, 1.82) is 0 Å². The molecule has 1 aliphatic rings. The summed E-state index contributed by atoms with van der Waals surface area (Å²) in [6, 6.07) is 4.05. The molecule has 4 N–H and O–H groups in total. The first kappa shape index (κ1) is 14.2. The fourth-order valence-electron chi connectivity index (χ4n) is 2.68. The molecule has 0 aliphatic heterocycles. The molecular weight excluding hydrogens is 262 g/mol. The first-order valence-corrected chi connectivity index (χ1v) is 6.52. The summed E-state index contributed by atoms with van der Waals surface area (Å²) in [5, 5.41) is 30.8. The van der Waals surface area contributed by atoms with Crippen LogP contribution in [0.15, 0.2) is 18.2 Å². The average Bonchev–Trinajstić information content (AvgIpc) is 2.84. The smallest absolute Gasteiger partial charge is 0.306 e. The minimum Gasteiger partial charge on any atom is -0.507 e. The van der Waals surface area contributed by atoms with E-state index < -0.39 is 17.8 Å². The SMILES string of the molecule is O=C(NCC1CCCC1C(=O)O)c1c(O)cccc1O. The molecule has 2 rings (SSSR count). The van der Waals surface area contributed by atoms with Crippen molar-refractivity contribution in [3.63, 3.8) is 0 Å². The van der Waals surface area contributed by atoms with Gasteiger partial charge >= 0.3 is 5.97 Å². The Morgan fingerprint density at radius 1 is 1.20 bits per heavy atom. The second-order valence-electron chi connectivity index (χ2n) is 5.02. The molecule has 0 spiro atoms. The van der Waals surface area contributed by atoms with E-state index in [-0.39, 0.29) is 29.5 Å². The number of aromatic hydroxyl groups is 2. The molecule has 1 amide bonds. The van der Waals surface area contributed by atoms with Crippen LogP contribution in [-0.4, -0.2) is 33.7 Å². The summed E-state index contributed by atoms with van der Waals surface area (Å²) in [6.07, 6.45) is 2.21. The van der Waals surface area contributed by atoms with Gasteiger partial charge in [0.25, 0.3) is 5.91 Å². The first-order chi connectivity index (χ1) is 9.50. The Morgan fingerprint density at radius 2 is 1.85 bits per heavy atom.